The predicted molar refractivity (Wildman–Crippen MR) is 89.2 cm³/mol. The number of methoxy groups -OCH3 is 1. The van der Waals surface area contributed by atoms with E-state index < -0.39 is 11.7 Å². The molecule has 1 aromatic carbocycles. The average Bonchev–Trinajstić information content (AvgIpc) is 2.43. The number of amides is 1. The lowest BCUT2D eigenvalue weighted by atomic mass is 9.81. The monoisotopic (exact) mass is 321 g/mol. The van der Waals surface area contributed by atoms with Gasteiger partial charge in [-0.2, -0.15) is 0 Å². The molecule has 0 saturated carbocycles. The van der Waals surface area contributed by atoms with Gasteiger partial charge in [-0.05, 0) is 31.9 Å². The summed E-state index contributed by atoms with van der Waals surface area (Å²) >= 11 is 0. The first-order chi connectivity index (χ1) is 10.5. The molecular weight excluding hydrogens is 294 g/mol. The molecule has 23 heavy (non-hydrogen) atoms. The molecule has 0 aliphatic heterocycles. The Kier molecular flexibility index (Phi) is 6.19. The van der Waals surface area contributed by atoms with Gasteiger partial charge in [0.15, 0.2) is 0 Å². The van der Waals surface area contributed by atoms with E-state index in [4.69, 9.17) is 9.47 Å². The summed E-state index contributed by atoms with van der Waals surface area (Å²) < 4.78 is 9.93. The molecule has 0 saturated heterocycles. The van der Waals surface area contributed by atoms with Crippen LogP contribution in [-0.4, -0.2) is 24.8 Å². The van der Waals surface area contributed by atoms with Crippen LogP contribution in [0, 0.1) is 0 Å². The minimum Gasteiger partial charge on any atom is -0.469 e. The maximum atomic E-state index is 11.6. The van der Waals surface area contributed by atoms with E-state index in [9.17, 15) is 9.59 Å². The number of carbonyl (C=O) groups excluding carboxylic acids is 2. The fourth-order valence-corrected chi connectivity index (χ4v) is 2.10. The Morgan fingerprint density at radius 3 is 2.09 bits per heavy atom. The van der Waals surface area contributed by atoms with Gasteiger partial charge < -0.3 is 14.8 Å². The van der Waals surface area contributed by atoms with E-state index >= 15 is 0 Å². The molecule has 0 radical (unpaired) electrons. The molecule has 0 fully saturated rings. The van der Waals surface area contributed by atoms with Gasteiger partial charge in [0.2, 0.25) is 0 Å². The van der Waals surface area contributed by atoms with Crippen molar-refractivity contribution in [3.63, 3.8) is 0 Å². The normalized spacial score (nSPS) is 11.7. The van der Waals surface area contributed by atoms with Gasteiger partial charge in [0.1, 0.15) is 5.60 Å². The number of rotatable bonds is 5. The van der Waals surface area contributed by atoms with Crippen molar-refractivity contribution in [3.8, 4) is 0 Å². The second kappa shape index (κ2) is 7.49. The minimum absolute atomic E-state index is 0.231. The summed E-state index contributed by atoms with van der Waals surface area (Å²) in [7, 11) is 1.39. The summed E-state index contributed by atoms with van der Waals surface area (Å²) in [6.45, 7) is 9.86. The third-order valence-corrected chi connectivity index (χ3v) is 3.39. The van der Waals surface area contributed by atoms with E-state index in [1.54, 1.807) is 0 Å². The number of ether oxygens (including phenoxy) is 2. The van der Waals surface area contributed by atoms with Crippen LogP contribution in [0.3, 0.4) is 0 Å². The van der Waals surface area contributed by atoms with Crippen LogP contribution in [0.1, 0.15) is 52.2 Å². The molecule has 0 bridgehead atoms. The van der Waals surface area contributed by atoms with Crippen LogP contribution in [0.5, 0.6) is 0 Å². The SMILES string of the molecule is COC(=O)CC(C)(C)c1ccc(CNC(=O)OC(C)(C)C)cc1. The van der Waals surface area contributed by atoms with Crippen LogP contribution in [0.15, 0.2) is 24.3 Å². The van der Waals surface area contributed by atoms with Crippen LogP contribution in [0.25, 0.3) is 0 Å². The van der Waals surface area contributed by atoms with Gasteiger partial charge in [-0.3, -0.25) is 4.79 Å². The van der Waals surface area contributed by atoms with E-state index in [1.807, 2.05) is 58.9 Å². The number of hydrogen-bond acceptors (Lipinski definition) is 4. The summed E-state index contributed by atoms with van der Waals surface area (Å²) in [5.74, 6) is -0.231. The van der Waals surface area contributed by atoms with Crippen molar-refractivity contribution in [2.24, 2.45) is 0 Å². The first-order valence-electron chi connectivity index (χ1n) is 7.66. The third kappa shape index (κ3) is 6.72. The highest BCUT2D eigenvalue weighted by Crippen LogP contribution is 2.27. The maximum Gasteiger partial charge on any atom is 0.407 e. The van der Waals surface area contributed by atoms with Crippen molar-refractivity contribution in [1.29, 1.82) is 0 Å². The lowest BCUT2D eigenvalue weighted by Crippen LogP contribution is -2.32. The summed E-state index contributed by atoms with van der Waals surface area (Å²) in [4.78, 5) is 23.1. The quantitative estimate of drug-likeness (QED) is 0.842. The van der Waals surface area contributed by atoms with Crippen molar-refractivity contribution < 1.29 is 19.1 Å². The molecule has 5 heteroatoms. The molecule has 0 aliphatic carbocycles. The highest BCUT2D eigenvalue weighted by Gasteiger charge is 2.24. The first kappa shape index (κ1) is 19.0. The van der Waals surface area contributed by atoms with Gasteiger partial charge in [-0.25, -0.2) is 4.79 Å². The molecule has 0 unspecified atom stereocenters. The Hall–Kier alpha value is -2.04. The summed E-state index contributed by atoms with van der Waals surface area (Å²) in [6, 6.07) is 7.81. The second-order valence-corrected chi connectivity index (χ2v) is 7.19. The van der Waals surface area contributed by atoms with Crippen molar-refractivity contribution >= 4 is 12.1 Å². The zero-order chi connectivity index (χ0) is 17.7. The molecule has 0 spiro atoms. The molecule has 0 heterocycles. The summed E-state index contributed by atoms with van der Waals surface area (Å²) in [5.41, 5.74) is 1.20. The predicted octanol–water partition coefficient (Wildman–Crippen LogP) is 3.55. The Labute approximate surface area is 138 Å². The van der Waals surface area contributed by atoms with Crippen LogP contribution in [-0.2, 0) is 26.2 Å². The zero-order valence-corrected chi connectivity index (χ0v) is 14.9. The molecule has 1 rings (SSSR count). The fraction of sp³-hybridized carbons (Fsp3) is 0.556. The van der Waals surface area contributed by atoms with Crippen molar-refractivity contribution in [2.45, 2.75) is 58.6 Å². The molecule has 5 nitrogen and oxygen atoms in total. The van der Waals surface area contributed by atoms with Crippen molar-refractivity contribution in [3.05, 3.63) is 35.4 Å². The molecule has 0 aromatic heterocycles. The number of hydrogen-bond donors (Lipinski definition) is 1. The highest BCUT2D eigenvalue weighted by atomic mass is 16.6. The summed E-state index contributed by atoms with van der Waals surface area (Å²) in [5, 5.41) is 2.72. The van der Waals surface area contributed by atoms with Crippen LogP contribution >= 0.6 is 0 Å². The number of alkyl carbamates (subject to hydrolysis) is 1. The number of esters is 1. The number of carbonyl (C=O) groups is 2. The fourth-order valence-electron chi connectivity index (χ4n) is 2.10. The van der Waals surface area contributed by atoms with Crippen molar-refractivity contribution in [1.82, 2.24) is 5.32 Å². The first-order valence-corrected chi connectivity index (χ1v) is 7.66. The lowest BCUT2D eigenvalue weighted by molar-refractivity contribution is -0.141. The highest BCUT2D eigenvalue weighted by molar-refractivity contribution is 5.71. The van der Waals surface area contributed by atoms with Gasteiger partial charge in [0, 0.05) is 12.0 Å². The molecular formula is C18H27NO4. The van der Waals surface area contributed by atoms with Crippen LogP contribution < -0.4 is 5.32 Å². The molecule has 1 amide bonds. The van der Waals surface area contributed by atoms with Crippen LogP contribution in [0.4, 0.5) is 4.79 Å². The van der Waals surface area contributed by atoms with E-state index in [-0.39, 0.29) is 11.4 Å². The second-order valence-electron chi connectivity index (χ2n) is 7.19. The van der Waals surface area contributed by atoms with E-state index in [1.165, 1.54) is 7.11 Å². The van der Waals surface area contributed by atoms with Gasteiger partial charge in [-0.15, -0.1) is 0 Å². The van der Waals surface area contributed by atoms with Crippen molar-refractivity contribution in [2.75, 3.05) is 7.11 Å². The van der Waals surface area contributed by atoms with Crippen LogP contribution in [0.2, 0.25) is 0 Å². The van der Waals surface area contributed by atoms with E-state index in [0.717, 1.165) is 11.1 Å². The molecule has 0 aliphatic rings. The smallest absolute Gasteiger partial charge is 0.407 e. The van der Waals surface area contributed by atoms with Gasteiger partial charge in [0.05, 0.1) is 13.5 Å². The Bertz CT molecular complexity index is 541. The Balaban J connectivity index is 2.63. The minimum atomic E-state index is -0.508. The largest absolute Gasteiger partial charge is 0.469 e. The molecule has 1 aromatic rings. The standard InChI is InChI=1S/C18H27NO4/c1-17(2,3)23-16(21)19-12-13-7-9-14(10-8-13)18(4,5)11-15(20)22-6/h7-10H,11-12H2,1-6H3,(H,19,21). The third-order valence-electron chi connectivity index (χ3n) is 3.39. The molecule has 0 atom stereocenters. The lowest BCUT2D eigenvalue weighted by Gasteiger charge is -2.24. The number of benzene rings is 1. The van der Waals surface area contributed by atoms with Gasteiger partial charge in [0.25, 0.3) is 0 Å². The Morgan fingerprint density at radius 2 is 1.61 bits per heavy atom. The topological polar surface area (TPSA) is 64.6 Å². The molecule has 128 valence electrons. The number of nitrogens with one attached hydrogen (secondary N) is 1. The van der Waals surface area contributed by atoms with Gasteiger partial charge >= 0.3 is 12.1 Å². The maximum absolute atomic E-state index is 11.6. The Morgan fingerprint density at radius 1 is 1.04 bits per heavy atom. The van der Waals surface area contributed by atoms with E-state index in [2.05, 4.69) is 5.32 Å². The summed E-state index contributed by atoms with van der Waals surface area (Å²) in [6.07, 6.45) is -0.119. The van der Waals surface area contributed by atoms with Gasteiger partial charge in [-0.1, -0.05) is 38.1 Å². The zero-order valence-electron chi connectivity index (χ0n) is 14.9. The van der Waals surface area contributed by atoms with E-state index in [0.29, 0.717) is 13.0 Å². The molecule has 1 N–H and O–H groups in total. The average molecular weight is 321 g/mol.